The van der Waals surface area contributed by atoms with E-state index in [0.29, 0.717) is 4.47 Å². The number of hydrogen-bond donors (Lipinski definition) is 2. The lowest BCUT2D eigenvalue weighted by Gasteiger charge is -2.17. The van der Waals surface area contributed by atoms with E-state index >= 15 is 0 Å². The molecule has 0 aromatic carbocycles. The van der Waals surface area contributed by atoms with Crippen LogP contribution in [0, 0.1) is 0 Å². The fraction of sp³-hybridized carbons (Fsp3) is 0.333. The predicted molar refractivity (Wildman–Crippen MR) is 69.4 cm³/mol. The molecular formula is C9H12BrN3O4S. The van der Waals surface area contributed by atoms with Crippen molar-refractivity contribution < 1.29 is 18.3 Å². The zero-order valence-electron chi connectivity index (χ0n) is 9.50. The summed E-state index contributed by atoms with van der Waals surface area (Å²) in [5.74, 6) is -0.907. The molecule has 0 amide bonds. The van der Waals surface area contributed by atoms with Crippen LogP contribution in [0.3, 0.4) is 0 Å². The molecule has 18 heavy (non-hydrogen) atoms. The van der Waals surface area contributed by atoms with E-state index < -0.39 is 16.2 Å². The van der Waals surface area contributed by atoms with Gasteiger partial charge >= 0.3 is 16.2 Å². The Morgan fingerprint density at radius 1 is 1.61 bits per heavy atom. The summed E-state index contributed by atoms with van der Waals surface area (Å²) in [7, 11) is -2.51. The largest absolute Gasteiger partial charge is 0.481 e. The molecule has 1 aromatic rings. The van der Waals surface area contributed by atoms with Crippen LogP contribution in [0.5, 0.6) is 0 Å². The molecule has 0 spiro atoms. The molecule has 9 heteroatoms. The van der Waals surface area contributed by atoms with E-state index in [4.69, 9.17) is 5.11 Å². The van der Waals surface area contributed by atoms with E-state index in [1.165, 1.54) is 13.2 Å². The predicted octanol–water partition coefficient (Wildman–Crippen LogP) is 0.907. The standard InChI is InChI=1S/C9H12BrN3O4S/c1-13(6-4-8(14)15)18(16,17)12-9-7(10)3-2-5-11-9/h2-3,5H,4,6H2,1H3,(H,11,12)(H,14,15). The summed E-state index contributed by atoms with van der Waals surface area (Å²) in [4.78, 5) is 14.2. The lowest BCUT2D eigenvalue weighted by molar-refractivity contribution is -0.137. The van der Waals surface area contributed by atoms with Crippen molar-refractivity contribution >= 4 is 37.9 Å². The molecule has 0 atom stereocenters. The van der Waals surface area contributed by atoms with Crippen molar-refractivity contribution in [3.8, 4) is 0 Å². The van der Waals surface area contributed by atoms with Gasteiger partial charge in [-0.25, -0.2) is 4.98 Å². The van der Waals surface area contributed by atoms with E-state index in [1.807, 2.05) is 0 Å². The van der Waals surface area contributed by atoms with Crippen molar-refractivity contribution in [1.29, 1.82) is 0 Å². The van der Waals surface area contributed by atoms with Crippen LogP contribution in [0.4, 0.5) is 5.82 Å². The lowest BCUT2D eigenvalue weighted by Crippen LogP contribution is -2.34. The summed E-state index contributed by atoms with van der Waals surface area (Å²) < 4.78 is 27.3. The number of carboxylic acid groups (broad SMARTS) is 1. The molecule has 0 aliphatic carbocycles. The van der Waals surface area contributed by atoms with Gasteiger partial charge < -0.3 is 5.11 Å². The number of rotatable bonds is 6. The van der Waals surface area contributed by atoms with Gasteiger partial charge in [-0.1, -0.05) is 0 Å². The SMILES string of the molecule is CN(CCC(=O)O)S(=O)(=O)Nc1ncccc1Br. The molecule has 0 fully saturated rings. The van der Waals surface area contributed by atoms with Crippen LogP contribution in [0.1, 0.15) is 6.42 Å². The van der Waals surface area contributed by atoms with Crippen molar-refractivity contribution in [2.45, 2.75) is 6.42 Å². The second-order valence-electron chi connectivity index (χ2n) is 3.41. The highest BCUT2D eigenvalue weighted by Gasteiger charge is 2.19. The van der Waals surface area contributed by atoms with Gasteiger partial charge in [-0.05, 0) is 28.1 Å². The van der Waals surface area contributed by atoms with E-state index in [2.05, 4.69) is 25.6 Å². The van der Waals surface area contributed by atoms with Crippen LogP contribution in [0.2, 0.25) is 0 Å². The molecule has 0 saturated carbocycles. The minimum absolute atomic E-state index is 0.116. The lowest BCUT2D eigenvalue weighted by atomic mass is 10.4. The highest BCUT2D eigenvalue weighted by atomic mass is 79.9. The maximum atomic E-state index is 11.8. The monoisotopic (exact) mass is 337 g/mol. The van der Waals surface area contributed by atoms with E-state index in [1.54, 1.807) is 12.1 Å². The Balaban J connectivity index is 2.76. The summed E-state index contributed by atoms with van der Waals surface area (Å²) in [6, 6.07) is 3.29. The van der Waals surface area contributed by atoms with Crippen LogP contribution in [0.15, 0.2) is 22.8 Å². The average molecular weight is 338 g/mol. The Bertz CT molecular complexity index is 534. The van der Waals surface area contributed by atoms with Gasteiger partial charge in [0.25, 0.3) is 0 Å². The molecule has 1 aromatic heterocycles. The number of anilines is 1. The third-order valence-electron chi connectivity index (χ3n) is 2.04. The van der Waals surface area contributed by atoms with Crippen molar-refractivity contribution in [2.24, 2.45) is 0 Å². The molecule has 0 bridgehead atoms. The van der Waals surface area contributed by atoms with E-state index in [0.717, 1.165) is 4.31 Å². The van der Waals surface area contributed by atoms with Gasteiger partial charge in [-0.3, -0.25) is 9.52 Å². The molecule has 1 heterocycles. The van der Waals surface area contributed by atoms with Crippen molar-refractivity contribution in [3.63, 3.8) is 0 Å². The number of nitrogens with zero attached hydrogens (tertiary/aromatic N) is 2. The molecular weight excluding hydrogens is 326 g/mol. The minimum Gasteiger partial charge on any atom is -0.481 e. The number of halogens is 1. The number of aliphatic carboxylic acids is 1. The Labute approximate surface area is 113 Å². The first-order chi connectivity index (χ1) is 8.33. The van der Waals surface area contributed by atoms with E-state index in [9.17, 15) is 13.2 Å². The van der Waals surface area contributed by atoms with Gasteiger partial charge in [0.1, 0.15) is 0 Å². The average Bonchev–Trinajstić information content (AvgIpc) is 2.28. The molecule has 2 N–H and O–H groups in total. The maximum Gasteiger partial charge on any atom is 0.304 e. The first-order valence-corrected chi connectivity index (χ1v) is 7.12. The summed E-state index contributed by atoms with van der Waals surface area (Å²) >= 11 is 3.16. The zero-order valence-corrected chi connectivity index (χ0v) is 11.9. The normalized spacial score (nSPS) is 11.5. The Hall–Kier alpha value is -1.19. The molecule has 0 saturated heterocycles. The molecule has 7 nitrogen and oxygen atoms in total. The smallest absolute Gasteiger partial charge is 0.304 e. The number of aromatic nitrogens is 1. The maximum absolute atomic E-state index is 11.8. The van der Waals surface area contributed by atoms with Gasteiger partial charge in [0.05, 0.1) is 10.9 Å². The number of carbonyl (C=O) groups is 1. The third kappa shape index (κ3) is 4.24. The highest BCUT2D eigenvalue weighted by molar-refractivity contribution is 9.10. The number of nitrogens with one attached hydrogen (secondary N) is 1. The van der Waals surface area contributed by atoms with Gasteiger partial charge in [0, 0.05) is 19.8 Å². The van der Waals surface area contributed by atoms with Crippen LogP contribution < -0.4 is 4.72 Å². The summed E-state index contributed by atoms with van der Waals surface area (Å²) in [5.41, 5.74) is 0. The van der Waals surface area contributed by atoms with Crippen molar-refractivity contribution in [1.82, 2.24) is 9.29 Å². The van der Waals surface area contributed by atoms with Crippen LogP contribution in [-0.4, -0.2) is 42.4 Å². The van der Waals surface area contributed by atoms with Crippen molar-refractivity contribution in [3.05, 3.63) is 22.8 Å². The molecule has 1 rings (SSSR count). The second-order valence-corrected chi connectivity index (χ2v) is 6.04. The second kappa shape index (κ2) is 6.12. The van der Waals surface area contributed by atoms with Gasteiger partial charge in [-0.2, -0.15) is 12.7 Å². The van der Waals surface area contributed by atoms with Crippen LogP contribution in [-0.2, 0) is 15.0 Å². The zero-order chi connectivity index (χ0) is 13.8. The van der Waals surface area contributed by atoms with Gasteiger partial charge in [0.2, 0.25) is 0 Å². The molecule has 0 aliphatic rings. The molecule has 0 unspecified atom stereocenters. The molecule has 100 valence electrons. The Morgan fingerprint density at radius 2 is 2.28 bits per heavy atom. The van der Waals surface area contributed by atoms with Crippen LogP contribution >= 0.6 is 15.9 Å². The topological polar surface area (TPSA) is 99.6 Å². The van der Waals surface area contributed by atoms with Crippen LogP contribution in [0.25, 0.3) is 0 Å². The molecule has 0 radical (unpaired) electrons. The molecule has 0 aliphatic heterocycles. The Kier molecular flexibility index (Phi) is 5.05. The minimum atomic E-state index is -3.80. The third-order valence-corrected chi connectivity index (χ3v) is 4.13. The summed E-state index contributed by atoms with van der Waals surface area (Å²) in [5, 5.41) is 8.50. The Morgan fingerprint density at radius 3 is 2.83 bits per heavy atom. The summed E-state index contributed by atoms with van der Waals surface area (Å²) in [6.07, 6.45) is 1.18. The fourth-order valence-electron chi connectivity index (χ4n) is 1.03. The summed E-state index contributed by atoms with van der Waals surface area (Å²) in [6.45, 7) is -0.116. The highest BCUT2D eigenvalue weighted by Crippen LogP contribution is 2.20. The number of carboxylic acids is 1. The van der Waals surface area contributed by atoms with Gasteiger partial charge in [0.15, 0.2) is 5.82 Å². The number of hydrogen-bond acceptors (Lipinski definition) is 4. The first kappa shape index (κ1) is 14.9. The van der Waals surface area contributed by atoms with Crippen molar-refractivity contribution in [2.75, 3.05) is 18.3 Å². The van der Waals surface area contributed by atoms with Gasteiger partial charge in [-0.15, -0.1) is 0 Å². The fourth-order valence-corrected chi connectivity index (χ4v) is 2.41. The number of pyridine rings is 1. The first-order valence-electron chi connectivity index (χ1n) is 4.89. The quantitative estimate of drug-likeness (QED) is 0.803. The van der Waals surface area contributed by atoms with E-state index in [-0.39, 0.29) is 18.8 Å².